The Balaban J connectivity index is 1.83. The second-order valence-electron chi connectivity index (χ2n) is 5.89. The Hall–Kier alpha value is -0.890. The first-order valence-electron chi connectivity index (χ1n) is 7.56. The van der Waals surface area contributed by atoms with Crippen molar-refractivity contribution in [2.45, 2.75) is 43.7 Å². The van der Waals surface area contributed by atoms with Crippen LogP contribution in [-0.2, 0) is 16.6 Å². The molecule has 0 amide bonds. The lowest BCUT2D eigenvalue weighted by Crippen LogP contribution is -2.56. The number of hydrogen-bond acceptors (Lipinski definition) is 5. The van der Waals surface area contributed by atoms with Crippen molar-refractivity contribution in [3.63, 3.8) is 0 Å². The molecule has 3 rings (SSSR count). The van der Waals surface area contributed by atoms with E-state index in [0.29, 0.717) is 30.7 Å². The molecule has 0 bridgehead atoms. The van der Waals surface area contributed by atoms with Gasteiger partial charge in [-0.2, -0.15) is 4.31 Å². The lowest BCUT2D eigenvalue weighted by Gasteiger charge is -2.43. The number of aryl methyl sites for hydroxylation is 1. The quantitative estimate of drug-likeness (QED) is 0.897. The van der Waals surface area contributed by atoms with Gasteiger partial charge in [0.15, 0.2) is 0 Å². The standard InChI is InChI=1S/C14H23N3O3S/c1-11-14(8-13(9-15)20-11)21(18,19)17-7-6-16-5-3-2-4-12(16)10-17/h8,12H,2-7,9-10,15H2,1H3. The number of furan rings is 1. The topological polar surface area (TPSA) is 79.8 Å². The fourth-order valence-corrected chi connectivity index (χ4v) is 5.02. The molecule has 2 saturated heterocycles. The Kier molecular flexibility index (Phi) is 4.09. The van der Waals surface area contributed by atoms with E-state index in [0.717, 1.165) is 19.5 Å². The molecular formula is C14H23N3O3S. The van der Waals surface area contributed by atoms with E-state index < -0.39 is 10.0 Å². The van der Waals surface area contributed by atoms with Gasteiger partial charge in [0, 0.05) is 31.7 Å². The van der Waals surface area contributed by atoms with Crippen molar-refractivity contribution in [3.05, 3.63) is 17.6 Å². The highest BCUT2D eigenvalue weighted by atomic mass is 32.2. The second-order valence-corrected chi connectivity index (χ2v) is 7.79. The zero-order chi connectivity index (χ0) is 15.0. The van der Waals surface area contributed by atoms with Crippen LogP contribution in [0.4, 0.5) is 0 Å². The molecule has 1 aromatic rings. The van der Waals surface area contributed by atoms with Crippen LogP contribution in [0.5, 0.6) is 0 Å². The van der Waals surface area contributed by atoms with Gasteiger partial charge in [-0.25, -0.2) is 8.42 Å². The van der Waals surface area contributed by atoms with Gasteiger partial charge in [0.05, 0.1) is 6.54 Å². The van der Waals surface area contributed by atoms with Crippen molar-refractivity contribution in [1.29, 1.82) is 0 Å². The van der Waals surface area contributed by atoms with Gasteiger partial charge >= 0.3 is 0 Å². The number of rotatable bonds is 3. The number of piperazine rings is 1. The highest BCUT2D eigenvalue weighted by molar-refractivity contribution is 7.89. The lowest BCUT2D eigenvalue weighted by atomic mass is 10.0. The Morgan fingerprint density at radius 3 is 2.86 bits per heavy atom. The van der Waals surface area contributed by atoms with Gasteiger partial charge in [-0.3, -0.25) is 4.90 Å². The van der Waals surface area contributed by atoms with Crippen LogP contribution in [0.3, 0.4) is 0 Å². The van der Waals surface area contributed by atoms with Crippen LogP contribution in [0.15, 0.2) is 15.4 Å². The first kappa shape index (κ1) is 15.0. The summed E-state index contributed by atoms with van der Waals surface area (Å²) in [5, 5.41) is 0. The fraction of sp³-hybridized carbons (Fsp3) is 0.714. The van der Waals surface area contributed by atoms with E-state index in [1.807, 2.05) is 0 Å². The first-order chi connectivity index (χ1) is 10.0. The zero-order valence-corrected chi connectivity index (χ0v) is 13.2. The normalized spacial score (nSPS) is 25.0. The monoisotopic (exact) mass is 313 g/mol. The minimum atomic E-state index is -3.48. The van der Waals surface area contributed by atoms with Crippen molar-refractivity contribution >= 4 is 10.0 Å². The summed E-state index contributed by atoms with van der Waals surface area (Å²) in [6.45, 7) is 4.97. The summed E-state index contributed by atoms with van der Waals surface area (Å²) in [5.41, 5.74) is 5.53. The third-order valence-corrected chi connectivity index (χ3v) is 6.51. The van der Waals surface area contributed by atoms with Crippen molar-refractivity contribution < 1.29 is 12.8 Å². The Morgan fingerprint density at radius 1 is 1.33 bits per heavy atom. The second kappa shape index (κ2) is 5.72. The number of sulfonamides is 1. The molecule has 21 heavy (non-hydrogen) atoms. The Labute approximate surface area is 125 Å². The number of hydrogen-bond donors (Lipinski definition) is 1. The Bertz CT molecular complexity index is 611. The largest absolute Gasteiger partial charge is 0.464 e. The minimum absolute atomic E-state index is 0.215. The molecule has 0 saturated carbocycles. The average molecular weight is 313 g/mol. The molecule has 1 aromatic heterocycles. The summed E-state index contributed by atoms with van der Waals surface area (Å²) in [5.74, 6) is 0.948. The lowest BCUT2D eigenvalue weighted by molar-refractivity contribution is 0.0851. The van der Waals surface area contributed by atoms with Crippen molar-refractivity contribution in [3.8, 4) is 0 Å². The zero-order valence-electron chi connectivity index (χ0n) is 12.4. The van der Waals surface area contributed by atoms with Gasteiger partial charge in [0.2, 0.25) is 10.0 Å². The highest BCUT2D eigenvalue weighted by Crippen LogP contribution is 2.28. The maximum atomic E-state index is 12.8. The van der Waals surface area contributed by atoms with Gasteiger partial charge < -0.3 is 10.2 Å². The smallest absolute Gasteiger partial charge is 0.246 e. The summed E-state index contributed by atoms with van der Waals surface area (Å²) in [4.78, 5) is 2.69. The summed E-state index contributed by atoms with van der Waals surface area (Å²) < 4.78 is 32.7. The summed E-state index contributed by atoms with van der Waals surface area (Å²) in [6, 6.07) is 1.93. The van der Waals surface area contributed by atoms with Gasteiger partial charge in [-0.1, -0.05) is 6.42 Å². The minimum Gasteiger partial charge on any atom is -0.464 e. The van der Waals surface area contributed by atoms with Crippen molar-refractivity contribution in [2.24, 2.45) is 5.73 Å². The molecule has 0 aliphatic carbocycles. The molecule has 0 radical (unpaired) electrons. The molecule has 2 fully saturated rings. The summed E-state index contributed by atoms with van der Waals surface area (Å²) in [7, 11) is -3.48. The highest BCUT2D eigenvalue weighted by Gasteiger charge is 2.36. The Morgan fingerprint density at radius 2 is 2.14 bits per heavy atom. The molecule has 1 atom stereocenters. The average Bonchev–Trinajstić information content (AvgIpc) is 2.88. The van der Waals surface area contributed by atoms with Gasteiger partial charge in [-0.15, -0.1) is 0 Å². The molecule has 2 N–H and O–H groups in total. The third kappa shape index (κ3) is 2.75. The van der Waals surface area contributed by atoms with E-state index in [1.165, 1.54) is 12.8 Å². The van der Waals surface area contributed by atoms with Crippen LogP contribution in [0.1, 0.15) is 30.8 Å². The summed E-state index contributed by atoms with van der Waals surface area (Å²) >= 11 is 0. The van der Waals surface area contributed by atoms with E-state index >= 15 is 0 Å². The number of piperidine rings is 1. The maximum absolute atomic E-state index is 12.8. The molecule has 0 aromatic carbocycles. The molecule has 118 valence electrons. The van der Waals surface area contributed by atoms with Crippen LogP contribution >= 0.6 is 0 Å². The molecule has 2 aliphatic rings. The van der Waals surface area contributed by atoms with Gasteiger partial charge in [0.1, 0.15) is 16.4 Å². The van der Waals surface area contributed by atoms with Crippen LogP contribution in [0, 0.1) is 6.92 Å². The van der Waals surface area contributed by atoms with Crippen molar-refractivity contribution in [2.75, 3.05) is 26.2 Å². The van der Waals surface area contributed by atoms with E-state index in [2.05, 4.69) is 4.90 Å². The van der Waals surface area contributed by atoms with Gasteiger partial charge in [0.25, 0.3) is 0 Å². The van der Waals surface area contributed by atoms with Crippen LogP contribution in [0.2, 0.25) is 0 Å². The number of nitrogens with zero attached hydrogens (tertiary/aromatic N) is 2. The number of fused-ring (bicyclic) bond motifs is 1. The van der Waals surface area contributed by atoms with E-state index in [9.17, 15) is 8.42 Å². The predicted octanol–water partition coefficient (Wildman–Crippen LogP) is 0.906. The van der Waals surface area contributed by atoms with Crippen LogP contribution in [-0.4, -0.2) is 49.8 Å². The summed E-state index contributed by atoms with van der Waals surface area (Å²) in [6.07, 6.45) is 3.51. The van der Waals surface area contributed by atoms with E-state index in [1.54, 1.807) is 17.3 Å². The molecule has 1 unspecified atom stereocenters. The molecule has 0 spiro atoms. The van der Waals surface area contributed by atoms with Crippen LogP contribution in [0.25, 0.3) is 0 Å². The van der Waals surface area contributed by atoms with Gasteiger partial charge in [-0.05, 0) is 26.3 Å². The SMILES string of the molecule is Cc1oc(CN)cc1S(=O)(=O)N1CCN2CCCCC2C1. The molecule has 3 heterocycles. The molecular weight excluding hydrogens is 290 g/mol. The third-order valence-electron chi connectivity index (χ3n) is 4.54. The van der Waals surface area contributed by atoms with Crippen LogP contribution < -0.4 is 5.73 Å². The predicted molar refractivity (Wildman–Crippen MR) is 79.3 cm³/mol. The van der Waals surface area contributed by atoms with E-state index in [-0.39, 0.29) is 11.4 Å². The molecule has 7 heteroatoms. The fourth-order valence-electron chi connectivity index (χ4n) is 3.37. The molecule has 2 aliphatic heterocycles. The maximum Gasteiger partial charge on any atom is 0.246 e. The van der Waals surface area contributed by atoms with Crippen molar-refractivity contribution in [1.82, 2.24) is 9.21 Å². The number of nitrogens with two attached hydrogens (primary N) is 1. The van der Waals surface area contributed by atoms with E-state index in [4.69, 9.17) is 10.2 Å². The first-order valence-corrected chi connectivity index (χ1v) is 9.00. The molecule has 6 nitrogen and oxygen atoms in total.